The zero-order valence-corrected chi connectivity index (χ0v) is 12.0. The number of nitrogens with zero attached hydrogens (tertiary/aromatic N) is 2. The average molecular weight is 293 g/mol. The van der Waals surface area contributed by atoms with E-state index < -0.39 is 0 Å². The van der Waals surface area contributed by atoms with Gasteiger partial charge in [0.15, 0.2) is 0 Å². The first-order chi connectivity index (χ1) is 9.79. The molecule has 0 aliphatic heterocycles. The van der Waals surface area contributed by atoms with E-state index in [1.54, 1.807) is 7.11 Å². The summed E-state index contributed by atoms with van der Waals surface area (Å²) in [6.07, 6.45) is 2.44. The number of halogens is 1. The molecule has 20 heavy (non-hydrogen) atoms. The van der Waals surface area contributed by atoms with Crippen molar-refractivity contribution in [2.75, 3.05) is 30.9 Å². The lowest BCUT2D eigenvalue weighted by Gasteiger charge is -2.09. The number of para-hydroxylation sites is 1. The Hall–Kier alpha value is -1.85. The van der Waals surface area contributed by atoms with Crippen molar-refractivity contribution in [3.05, 3.63) is 41.7 Å². The van der Waals surface area contributed by atoms with E-state index in [9.17, 15) is 0 Å². The van der Waals surface area contributed by atoms with Crippen LogP contribution in [0.25, 0.3) is 0 Å². The third-order valence-electron chi connectivity index (χ3n) is 2.64. The van der Waals surface area contributed by atoms with Crippen molar-refractivity contribution in [1.29, 1.82) is 0 Å². The van der Waals surface area contributed by atoms with Gasteiger partial charge in [0.25, 0.3) is 0 Å². The maximum absolute atomic E-state index is 6.10. The molecule has 1 aromatic heterocycles. The second kappa shape index (κ2) is 7.67. The first-order valence-electron chi connectivity index (χ1n) is 6.36. The van der Waals surface area contributed by atoms with Gasteiger partial charge in [0.05, 0.1) is 10.7 Å². The van der Waals surface area contributed by atoms with Gasteiger partial charge in [0.2, 0.25) is 0 Å². The Kier molecular flexibility index (Phi) is 5.58. The maximum atomic E-state index is 6.10. The van der Waals surface area contributed by atoms with Gasteiger partial charge in [-0.2, -0.15) is 0 Å². The minimum atomic E-state index is 0.653. The van der Waals surface area contributed by atoms with Crippen molar-refractivity contribution in [1.82, 2.24) is 9.97 Å². The molecule has 0 aliphatic carbocycles. The van der Waals surface area contributed by atoms with E-state index in [2.05, 4.69) is 20.6 Å². The highest BCUT2D eigenvalue weighted by molar-refractivity contribution is 6.33. The Morgan fingerprint density at radius 3 is 2.80 bits per heavy atom. The minimum absolute atomic E-state index is 0.653. The zero-order valence-electron chi connectivity index (χ0n) is 11.3. The molecular formula is C14H17ClN4O. The third-order valence-corrected chi connectivity index (χ3v) is 2.96. The summed E-state index contributed by atoms with van der Waals surface area (Å²) < 4.78 is 5.00. The summed E-state index contributed by atoms with van der Waals surface area (Å²) in [5, 5.41) is 7.04. The molecule has 5 nitrogen and oxygen atoms in total. The smallest absolute Gasteiger partial charge is 0.135 e. The lowest BCUT2D eigenvalue weighted by molar-refractivity contribution is 0.198. The van der Waals surface area contributed by atoms with E-state index in [0.29, 0.717) is 10.8 Å². The zero-order chi connectivity index (χ0) is 14.2. The molecule has 0 atom stereocenters. The number of hydrogen-bond donors (Lipinski definition) is 2. The van der Waals surface area contributed by atoms with Crippen LogP contribution >= 0.6 is 11.6 Å². The molecule has 0 unspecified atom stereocenters. The lowest BCUT2D eigenvalue weighted by Crippen LogP contribution is -2.06. The molecule has 0 radical (unpaired) electrons. The molecule has 2 aromatic rings. The molecule has 1 heterocycles. The van der Waals surface area contributed by atoms with Crippen molar-refractivity contribution in [3.8, 4) is 0 Å². The van der Waals surface area contributed by atoms with Crippen LogP contribution in [-0.4, -0.2) is 30.2 Å². The summed E-state index contributed by atoms with van der Waals surface area (Å²) in [6, 6.07) is 9.37. The SMILES string of the molecule is COCCCNc1cc(Nc2ccccc2Cl)ncn1. The Morgan fingerprint density at radius 2 is 2.00 bits per heavy atom. The van der Waals surface area contributed by atoms with E-state index >= 15 is 0 Å². The third kappa shape index (κ3) is 4.36. The molecule has 0 aliphatic rings. The summed E-state index contributed by atoms with van der Waals surface area (Å²) in [5.41, 5.74) is 0.818. The van der Waals surface area contributed by atoms with Crippen LogP contribution in [0.2, 0.25) is 5.02 Å². The number of methoxy groups -OCH3 is 1. The standard InChI is InChI=1S/C14H17ClN4O/c1-20-8-4-7-16-13-9-14(18-10-17-13)19-12-6-3-2-5-11(12)15/h2-3,5-6,9-10H,4,7-8H2,1H3,(H2,16,17,18,19). The van der Waals surface area contributed by atoms with Crippen LogP contribution in [0.4, 0.5) is 17.3 Å². The second-order valence-electron chi connectivity index (χ2n) is 4.17. The molecule has 6 heteroatoms. The van der Waals surface area contributed by atoms with E-state index in [-0.39, 0.29) is 0 Å². The predicted molar refractivity (Wildman–Crippen MR) is 81.7 cm³/mol. The fourth-order valence-corrected chi connectivity index (χ4v) is 1.84. The quantitative estimate of drug-likeness (QED) is 0.767. The molecule has 1 aromatic carbocycles. The molecule has 0 fully saturated rings. The largest absolute Gasteiger partial charge is 0.385 e. The second-order valence-corrected chi connectivity index (χ2v) is 4.57. The number of anilines is 3. The van der Waals surface area contributed by atoms with Gasteiger partial charge in [-0.05, 0) is 18.6 Å². The van der Waals surface area contributed by atoms with Crippen molar-refractivity contribution in [2.45, 2.75) is 6.42 Å². The number of rotatable bonds is 7. The summed E-state index contributed by atoms with van der Waals surface area (Å²) in [5.74, 6) is 1.47. The summed E-state index contributed by atoms with van der Waals surface area (Å²) >= 11 is 6.10. The number of ether oxygens (including phenoxy) is 1. The number of benzene rings is 1. The Bertz CT molecular complexity index is 550. The summed E-state index contributed by atoms with van der Waals surface area (Å²) in [6.45, 7) is 1.53. The first kappa shape index (κ1) is 14.6. The highest BCUT2D eigenvalue weighted by Gasteiger charge is 2.02. The van der Waals surface area contributed by atoms with Crippen LogP contribution in [0.1, 0.15) is 6.42 Å². The van der Waals surface area contributed by atoms with Gasteiger partial charge < -0.3 is 15.4 Å². The van der Waals surface area contributed by atoms with Crippen LogP contribution in [0.3, 0.4) is 0 Å². The van der Waals surface area contributed by atoms with E-state index in [1.165, 1.54) is 6.33 Å². The van der Waals surface area contributed by atoms with E-state index in [0.717, 1.165) is 31.1 Å². The molecule has 0 bridgehead atoms. The molecular weight excluding hydrogens is 276 g/mol. The fraction of sp³-hybridized carbons (Fsp3) is 0.286. The Labute approximate surface area is 123 Å². The fourth-order valence-electron chi connectivity index (χ4n) is 1.66. The Morgan fingerprint density at radius 1 is 1.20 bits per heavy atom. The van der Waals surface area contributed by atoms with Gasteiger partial charge in [-0.25, -0.2) is 9.97 Å². The van der Waals surface area contributed by atoms with Gasteiger partial charge in [0, 0.05) is 26.3 Å². The first-order valence-corrected chi connectivity index (χ1v) is 6.74. The molecule has 2 N–H and O–H groups in total. The molecule has 0 amide bonds. The van der Waals surface area contributed by atoms with Crippen molar-refractivity contribution >= 4 is 28.9 Å². The van der Waals surface area contributed by atoms with Gasteiger partial charge in [-0.3, -0.25) is 0 Å². The highest BCUT2D eigenvalue weighted by Crippen LogP contribution is 2.24. The molecule has 0 saturated carbocycles. The van der Waals surface area contributed by atoms with Crippen LogP contribution in [0, 0.1) is 0 Å². The summed E-state index contributed by atoms with van der Waals surface area (Å²) in [7, 11) is 1.69. The lowest BCUT2D eigenvalue weighted by atomic mass is 10.3. The number of nitrogens with one attached hydrogen (secondary N) is 2. The number of aromatic nitrogens is 2. The van der Waals surface area contributed by atoms with Crippen molar-refractivity contribution < 1.29 is 4.74 Å². The number of hydrogen-bond acceptors (Lipinski definition) is 5. The van der Waals surface area contributed by atoms with Crippen LogP contribution in [0.5, 0.6) is 0 Å². The van der Waals surface area contributed by atoms with Gasteiger partial charge >= 0.3 is 0 Å². The van der Waals surface area contributed by atoms with Crippen molar-refractivity contribution in [2.24, 2.45) is 0 Å². The van der Waals surface area contributed by atoms with Gasteiger partial charge in [0.1, 0.15) is 18.0 Å². The minimum Gasteiger partial charge on any atom is -0.385 e. The topological polar surface area (TPSA) is 59.1 Å². The highest BCUT2D eigenvalue weighted by atomic mass is 35.5. The van der Waals surface area contributed by atoms with E-state index in [4.69, 9.17) is 16.3 Å². The molecule has 0 saturated heterocycles. The van der Waals surface area contributed by atoms with Gasteiger partial charge in [-0.1, -0.05) is 23.7 Å². The Balaban J connectivity index is 1.97. The average Bonchev–Trinajstić information content (AvgIpc) is 2.47. The summed E-state index contributed by atoms with van der Waals surface area (Å²) in [4.78, 5) is 8.34. The van der Waals surface area contributed by atoms with E-state index in [1.807, 2.05) is 30.3 Å². The predicted octanol–water partition coefficient (Wildman–Crippen LogP) is 3.32. The molecule has 106 valence electrons. The molecule has 0 spiro atoms. The maximum Gasteiger partial charge on any atom is 0.135 e. The van der Waals surface area contributed by atoms with Crippen LogP contribution in [0.15, 0.2) is 36.7 Å². The normalized spacial score (nSPS) is 10.3. The monoisotopic (exact) mass is 292 g/mol. The van der Waals surface area contributed by atoms with Crippen molar-refractivity contribution in [3.63, 3.8) is 0 Å². The van der Waals surface area contributed by atoms with Crippen LogP contribution in [-0.2, 0) is 4.74 Å². The van der Waals surface area contributed by atoms with Crippen LogP contribution < -0.4 is 10.6 Å². The molecule has 2 rings (SSSR count). The van der Waals surface area contributed by atoms with Gasteiger partial charge in [-0.15, -0.1) is 0 Å².